The van der Waals surface area contributed by atoms with Crippen molar-refractivity contribution in [1.29, 1.82) is 0 Å². The SMILES string of the molecule is O=C(C=CNOCc1ccc(Cl)cc1Cl)c1ccc(Br)cc1. The van der Waals surface area contributed by atoms with Crippen molar-refractivity contribution in [3.8, 4) is 0 Å². The largest absolute Gasteiger partial charge is 0.289 e. The van der Waals surface area contributed by atoms with Gasteiger partial charge >= 0.3 is 0 Å². The number of rotatable bonds is 6. The minimum atomic E-state index is -0.117. The first-order chi connectivity index (χ1) is 10.6. The molecule has 22 heavy (non-hydrogen) atoms. The summed E-state index contributed by atoms with van der Waals surface area (Å²) in [5, 5.41) is 1.10. The van der Waals surface area contributed by atoms with Crippen LogP contribution in [0.3, 0.4) is 0 Å². The second-order valence-corrected chi connectivity index (χ2v) is 6.11. The van der Waals surface area contributed by atoms with Crippen molar-refractivity contribution in [2.75, 3.05) is 0 Å². The highest BCUT2D eigenvalue weighted by Crippen LogP contribution is 2.21. The number of benzene rings is 2. The molecule has 0 saturated carbocycles. The summed E-state index contributed by atoms with van der Waals surface area (Å²) in [6.07, 6.45) is 2.83. The van der Waals surface area contributed by atoms with E-state index in [0.29, 0.717) is 15.6 Å². The maximum Gasteiger partial charge on any atom is 0.187 e. The van der Waals surface area contributed by atoms with Gasteiger partial charge in [-0.3, -0.25) is 15.1 Å². The smallest absolute Gasteiger partial charge is 0.187 e. The number of hydroxylamine groups is 1. The predicted octanol–water partition coefficient (Wildman–Crippen LogP) is 5.17. The molecule has 0 fully saturated rings. The number of nitrogens with one attached hydrogen (secondary N) is 1. The van der Waals surface area contributed by atoms with Gasteiger partial charge in [-0.2, -0.15) is 0 Å². The number of hydrogen-bond acceptors (Lipinski definition) is 3. The fraction of sp³-hybridized carbons (Fsp3) is 0.0625. The summed E-state index contributed by atoms with van der Waals surface area (Å²) >= 11 is 15.1. The number of hydrogen-bond donors (Lipinski definition) is 1. The van der Waals surface area contributed by atoms with Gasteiger partial charge < -0.3 is 0 Å². The minimum Gasteiger partial charge on any atom is -0.289 e. The molecule has 0 aliphatic rings. The molecule has 0 atom stereocenters. The van der Waals surface area contributed by atoms with E-state index in [1.165, 1.54) is 12.3 Å². The molecule has 2 rings (SSSR count). The molecule has 0 spiro atoms. The lowest BCUT2D eigenvalue weighted by Gasteiger charge is -2.05. The third kappa shape index (κ3) is 5.14. The van der Waals surface area contributed by atoms with Crippen LogP contribution >= 0.6 is 39.1 Å². The van der Waals surface area contributed by atoms with Crippen LogP contribution in [-0.4, -0.2) is 5.78 Å². The van der Waals surface area contributed by atoms with Crippen LogP contribution in [0, 0.1) is 0 Å². The zero-order chi connectivity index (χ0) is 15.9. The van der Waals surface area contributed by atoms with Crippen LogP contribution in [-0.2, 0) is 11.4 Å². The van der Waals surface area contributed by atoms with Crippen LogP contribution in [0.5, 0.6) is 0 Å². The highest BCUT2D eigenvalue weighted by Gasteiger charge is 2.02. The summed E-state index contributed by atoms with van der Waals surface area (Å²) in [5.41, 5.74) is 3.98. The Kier molecular flexibility index (Phi) is 6.46. The van der Waals surface area contributed by atoms with Crippen molar-refractivity contribution in [3.05, 3.63) is 80.4 Å². The first kappa shape index (κ1) is 17.0. The predicted molar refractivity (Wildman–Crippen MR) is 92.0 cm³/mol. The normalized spacial score (nSPS) is 10.9. The Hall–Kier alpha value is -1.33. The van der Waals surface area contributed by atoms with Crippen LogP contribution in [0.2, 0.25) is 10.0 Å². The molecule has 114 valence electrons. The summed E-state index contributed by atoms with van der Waals surface area (Å²) in [6, 6.07) is 12.3. The maximum atomic E-state index is 11.8. The maximum absolute atomic E-state index is 11.8. The zero-order valence-electron chi connectivity index (χ0n) is 11.4. The van der Waals surface area contributed by atoms with Crippen molar-refractivity contribution >= 4 is 44.9 Å². The fourth-order valence-electron chi connectivity index (χ4n) is 1.63. The number of carbonyl (C=O) groups excluding carboxylic acids is 1. The van der Waals surface area contributed by atoms with Crippen LogP contribution in [0.15, 0.2) is 59.2 Å². The Labute approximate surface area is 147 Å². The Bertz CT molecular complexity index is 687. The van der Waals surface area contributed by atoms with Gasteiger partial charge in [-0.1, -0.05) is 45.2 Å². The summed E-state index contributed by atoms with van der Waals surface area (Å²) in [7, 11) is 0. The van der Waals surface area contributed by atoms with E-state index in [0.717, 1.165) is 10.0 Å². The number of ketones is 1. The van der Waals surface area contributed by atoms with Crippen molar-refractivity contribution in [1.82, 2.24) is 5.48 Å². The van der Waals surface area contributed by atoms with E-state index in [-0.39, 0.29) is 12.4 Å². The van der Waals surface area contributed by atoms with Gasteiger partial charge in [0.1, 0.15) is 6.61 Å². The molecule has 6 heteroatoms. The van der Waals surface area contributed by atoms with E-state index in [4.69, 9.17) is 28.0 Å². The average Bonchev–Trinajstić information content (AvgIpc) is 2.49. The lowest BCUT2D eigenvalue weighted by atomic mass is 10.1. The van der Waals surface area contributed by atoms with Gasteiger partial charge in [-0.25, -0.2) is 0 Å². The van der Waals surface area contributed by atoms with Gasteiger partial charge in [0.05, 0.1) is 0 Å². The zero-order valence-corrected chi connectivity index (χ0v) is 14.5. The minimum absolute atomic E-state index is 0.117. The lowest BCUT2D eigenvalue weighted by Crippen LogP contribution is -2.07. The Morgan fingerprint density at radius 2 is 1.91 bits per heavy atom. The monoisotopic (exact) mass is 399 g/mol. The molecular formula is C16H12BrCl2NO2. The Morgan fingerprint density at radius 1 is 1.18 bits per heavy atom. The van der Waals surface area contributed by atoms with Crippen molar-refractivity contribution in [2.24, 2.45) is 0 Å². The van der Waals surface area contributed by atoms with E-state index in [1.54, 1.807) is 30.3 Å². The molecule has 3 nitrogen and oxygen atoms in total. The standard InChI is InChI=1S/C16H12BrCl2NO2/c17-13-4-1-11(2-5-13)16(21)7-8-20-22-10-12-3-6-14(18)9-15(12)19/h1-9,20H,10H2. The second kappa shape index (κ2) is 8.34. The molecule has 0 saturated heterocycles. The number of carbonyl (C=O) groups is 1. The fourth-order valence-corrected chi connectivity index (χ4v) is 2.35. The summed E-state index contributed by atoms with van der Waals surface area (Å²) < 4.78 is 0.925. The third-order valence-corrected chi connectivity index (χ3v) is 3.87. The van der Waals surface area contributed by atoms with Crippen molar-refractivity contribution in [3.63, 3.8) is 0 Å². The molecule has 0 heterocycles. The molecule has 0 amide bonds. The molecule has 2 aromatic carbocycles. The van der Waals surface area contributed by atoms with Gasteiger partial charge in [0.2, 0.25) is 0 Å². The van der Waals surface area contributed by atoms with E-state index in [1.807, 2.05) is 12.1 Å². The highest BCUT2D eigenvalue weighted by molar-refractivity contribution is 9.10. The van der Waals surface area contributed by atoms with Crippen LogP contribution in [0.25, 0.3) is 0 Å². The molecule has 0 aliphatic carbocycles. The van der Waals surface area contributed by atoms with Gasteiger partial charge in [0.25, 0.3) is 0 Å². The van der Waals surface area contributed by atoms with Gasteiger partial charge in [0, 0.05) is 32.4 Å². The van der Waals surface area contributed by atoms with Crippen LogP contribution in [0.4, 0.5) is 0 Å². The Balaban J connectivity index is 1.80. The molecule has 0 radical (unpaired) electrons. The molecule has 1 N–H and O–H groups in total. The first-order valence-corrected chi connectivity index (χ1v) is 7.89. The quantitative estimate of drug-likeness (QED) is 0.314. The van der Waals surface area contributed by atoms with E-state index >= 15 is 0 Å². The Morgan fingerprint density at radius 3 is 2.59 bits per heavy atom. The van der Waals surface area contributed by atoms with E-state index in [9.17, 15) is 4.79 Å². The first-order valence-electron chi connectivity index (χ1n) is 6.34. The molecule has 0 aliphatic heterocycles. The summed E-state index contributed by atoms with van der Waals surface area (Å²) in [4.78, 5) is 17.1. The highest BCUT2D eigenvalue weighted by atomic mass is 79.9. The van der Waals surface area contributed by atoms with Crippen LogP contribution < -0.4 is 5.48 Å². The topological polar surface area (TPSA) is 38.3 Å². The van der Waals surface area contributed by atoms with E-state index in [2.05, 4.69) is 21.4 Å². The summed E-state index contributed by atoms with van der Waals surface area (Å²) in [6.45, 7) is 0.257. The van der Waals surface area contributed by atoms with Gasteiger partial charge in [-0.15, -0.1) is 0 Å². The van der Waals surface area contributed by atoms with Crippen LogP contribution in [0.1, 0.15) is 15.9 Å². The van der Waals surface area contributed by atoms with Crippen molar-refractivity contribution in [2.45, 2.75) is 6.61 Å². The van der Waals surface area contributed by atoms with Crippen molar-refractivity contribution < 1.29 is 9.63 Å². The van der Waals surface area contributed by atoms with Gasteiger partial charge in [-0.05, 0) is 42.0 Å². The molecular weight excluding hydrogens is 389 g/mol. The molecule has 2 aromatic rings. The number of allylic oxidation sites excluding steroid dienone is 1. The summed E-state index contributed by atoms with van der Waals surface area (Å²) in [5.74, 6) is -0.117. The molecule has 0 aromatic heterocycles. The second-order valence-electron chi connectivity index (χ2n) is 4.35. The lowest BCUT2D eigenvalue weighted by molar-refractivity contribution is 0.0573. The molecule has 0 unspecified atom stereocenters. The van der Waals surface area contributed by atoms with Gasteiger partial charge in [0.15, 0.2) is 5.78 Å². The third-order valence-electron chi connectivity index (χ3n) is 2.76. The van der Waals surface area contributed by atoms with E-state index < -0.39 is 0 Å². The molecule has 0 bridgehead atoms. The number of halogens is 3. The average molecular weight is 401 g/mol.